The number of nitro benzene ring substituents is 1. The third-order valence-electron chi connectivity index (χ3n) is 2.68. The lowest BCUT2D eigenvalue weighted by Crippen LogP contribution is -1.96. The summed E-state index contributed by atoms with van der Waals surface area (Å²) in [5, 5.41) is 13.7. The van der Waals surface area contributed by atoms with E-state index >= 15 is 0 Å². The van der Waals surface area contributed by atoms with Crippen molar-refractivity contribution in [1.29, 1.82) is 0 Å². The quantitative estimate of drug-likeness (QED) is 0.516. The molecule has 0 spiro atoms. The number of carbonyl (C=O) groups excluding carboxylic acids is 1. The summed E-state index contributed by atoms with van der Waals surface area (Å²) in [6.07, 6.45) is 4.75. The molecule has 2 rings (SSSR count). The summed E-state index contributed by atoms with van der Waals surface area (Å²) in [7, 11) is 0. The minimum atomic E-state index is -0.453. The summed E-state index contributed by atoms with van der Waals surface area (Å²) in [6.45, 7) is 1.47. The second-order valence-corrected chi connectivity index (χ2v) is 4.31. The van der Waals surface area contributed by atoms with E-state index in [1.165, 1.54) is 25.1 Å². The van der Waals surface area contributed by atoms with Gasteiger partial charge in [0.25, 0.3) is 5.69 Å². The first-order chi connectivity index (χ1) is 10.1. The average Bonchev–Trinajstić information content (AvgIpc) is 2.47. The van der Waals surface area contributed by atoms with Crippen LogP contribution in [-0.4, -0.2) is 15.7 Å². The highest BCUT2D eigenvalue weighted by molar-refractivity contribution is 5.92. The van der Waals surface area contributed by atoms with E-state index in [4.69, 9.17) is 0 Å². The number of non-ortho nitro benzene ring substituents is 1. The van der Waals surface area contributed by atoms with Crippen molar-refractivity contribution in [3.8, 4) is 0 Å². The van der Waals surface area contributed by atoms with Crippen LogP contribution in [0.5, 0.6) is 0 Å². The molecule has 6 heteroatoms. The van der Waals surface area contributed by atoms with Crippen LogP contribution in [0.25, 0.3) is 6.08 Å². The van der Waals surface area contributed by atoms with Gasteiger partial charge in [-0.3, -0.25) is 14.9 Å². The van der Waals surface area contributed by atoms with Crippen LogP contribution < -0.4 is 5.32 Å². The second-order valence-electron chi connectivity index (χ2n) is 4.31. The van der Waals surface area contributed by atoms with Crippen LogP contribution >= 0.6 is 0 Å². The van der Waals surface area contributed by atoms with E-state index in [1.807, 2.05) is 6.07 Å². The molecule has 0 fully saturated rings. The van der Waals surface area contributed by atoms with Gasteiger partial charge < -0.3 is 5.32 Å². The Morgan fingerprint density at radius 2 is 2.00 bits per heavy atom. The summed E-state index contributed by atoms with van der Waals surface area (Å²) < 4.78 is 0. The van der Waals surface area contributed by atoms with Crippen LogP contribution in [0, 0.1) is 10.1 Å². The van der Waals surface area contributed by atoms with Crippen molar-refractivity contribution in [2.45, 2.75) is 6.92 Å². The van der Waals surface area contributed by atoms with Crippen molar-refractivity contribution in [1.82, 2.24) is 4.98 Å². The average molecular weight is 283 g/mol. The maximum absolute atomic E-state index is 11.0. The first kappa shape index (κ1) is 14.4. The molecule has 0 unspecified atom stereocenters. The van der Waals surface area contributed by atoms with Crippen molar-refractivity contribution in [3.05, 3.63) is 64.3 Å². The van der Waals surface area contributed by atoms with Gasteiger partial charge >= 0.3 is 0 Å². The first-order valence-electron chi connectivity index (χ1n) is 6.21. The Balaban J connectivity index is 2.23. The van der Waals surface area contributed by atoms with Crippen LogP contribution in [-0.2, 0) is 4.79 Å². The number of carbonyl (C=O) groups is 1. The van der Waals surface area contributed by atoms with Gasteiger partial charge in [0.1, 0.15) is 5.82 Å². The van der Waals surface area contributed by atoms with Gasteiger partial charge in [-0.15, -0.1) is 0 Å². The molecular weight excluding hydrogens is 270 g/mol. The predicted molar refractivity (Wildman–Crippen MR) is 80.3 cm³/mol. The summed E-state index contributed by atoms with van der Waals surface area (Å²) in [4.78, 5) is 25.4. The molecule has 1 N–H and O–H groups in total. The molecule has 0 atom stereocenters. The zero-order valence-electron chi connectivity index (χ0n) is 11.3. The highest BCUT2D eigenvalue weighted by Gasteiger charge is 2.05. The number of ketones is 1. The highest BCUT2D eigenvalue weighted by Crippen LogP contribution is 2.21. The molecule has 0 bridgehead atoms. The van der Waals surface area contributed by atoms with E-state index in [9.17, 15) is 14.9 Å². The van der Waals surface area contributed by atoms with E-state index in [0.29, 0.717) is 11.5 Å². The molecule has 0 saturated heterocycles. The fourth-order valence-corrected chi connectivity index (χ4v) is 1.67. The largest absolute Gasteiger partial charge is 0.340 e. The van der Waals surface area contributed by atoms with Crippen LogP contribution in [0.15, 0.2) is 48.7 Å². The monoisotopic (exact) mass is 283 g/mol. The topological polar surface area (TPSA) is 85.1 Å². The van der Waals surface area contributed by atoms with Gasteiger partial charge in [-0.05, 0) is 43.3 Å². The number of hydrogen-bond acceptors (Lipinski definition) is 5. The maximum atomic E-state index is 11.0. The van der Waals surface area contributed by atoms with E-state index in [-0.39, 0.29) is 11.5 Å². The molecule has 0 aliphatic rings. The zero-order valence-corrected chi connectivity index (χ0v) is 11.3. The first-order valence-corrected chi connectivity index (χ1v) is 6.21. The Labute approximate surface area is 121 Å². The third-order valence-corrected chi connectivity index (χ3v) is 2.68. The number of anilines is 2. The minimum Gasteiger partial charge on any atom is -0.340 e. The number of hydrogen-bond donors (Lipinski definition) is 1. The summed E-state index contributed by atoms with van der Waals surface area (Å²) in [6, 6.07) is 9.62. The van der Waals surface area contributed by atoms with E-state index in [2.05, 4.69) is 10.3 Å². The maximum Gasteiger partial charge on any atom is 0.269 e. The van der Waals surface area contributed by atoms with Crippen LogP contribution in [0.1, 0.15) is 12.5 Å². The lowest BCUT2D eigenvalue weighted by atomic mass is 10.2. The lowest BCUT2D eigenvalue weighted by Gasteiger charge is -2.08. The van der Waals surface area contributed by atoms with E-state index in [1.54, 1.807) is 30.5 Å². The molecular formula is C15H13N3O3. The zero-order chi connectivity index (χ0) is 15.2. The lowest BCUT2D eigenvalue weighted by molar-refractivity contribution is -0.384. The summed E-state index contributed by atoms with van der Waals surface area (Å²) >= 11 is 0. The normalized spacial score (nSPS) is 10.5. The standard InChI is InChI=1S/C15H13N3O3/c1-11(19)4-5-12-3-2-10-16-15(12)17-13-6-8-14(9-7-13)18(20)21/h2-10H,1H3,(H,16,17)/b5-4+. The molecule has 0 radical (unpaired) electrons. The highest BCUT2D eigenvalue weighted by atomic mass is 16.6. The number of aromatic nitrogens is 1. The smallest absolute Gasteiger partial charge is 0.269 e. The molecule has 106 valence electrons. The van der Waals surface area contributed by atoms with Crippen LogP contribution in [0.3, 0.4) is 0 Å². The molecule has 1 heterocycles. The molecule has 0 aliphatic carbocycles. The Bertz CT molecular complexity index is 694. The molecule has 0 saturated carbocycles. The van der Waals surface area contributed by atoms with Gasteiger partial charge in [0, 0.05) is 29.6 Å². The van der Waals surface area contributed by atoms with Gasteiger partial charge in [-0.25, -0.2) is 4.98 Å². The van der Waals surface area contributed by atoms with Gasteiger partial charge in [0.2, 0.25) is 0 Å². The minimum absolute atomic E-state index is 0.0262. The third kappa shape index (κ3) is 3.97. The number of benzene rings is 1. The number of pyridine rings is 1. The predicted octanol–water partition coefficient (Wildman–Crippen LogP) is 3.34. The number of nitrogens with one attached hydrogen (secondary N) is 1. The Kier molecular flexibility index (Phi) is 4.40. The van der Waals surface area contributed by atoms with Crippen molar-refractivity contribution in [2.24, 2.45) is 0 Å². The number of nitrogens with zero attached hydrogens (tertiary/aromatic N) is 2. The fraction of sp³-hybridized carbons (Fsp3) is 0.0667. The second kappa shape index (κ2) is 6.42. The molecule has 0 aliphatic heterocycles. The van der Waals surface area contributed by atoms with E-state index in [0.717, 1.165) is 5.56 Å². The van der Waals surface area contributed by atoms with Crippen molar-refractivity contribution < 1.29 is 9.72 Å². The van der Waals surface area contributed by atoms with Crippen molar-refractivity contribution in [2.75, 3.05) is 5.32 Å². The molecule has 21 heavy (non-hydrogen) atoms. The Morgan fingerprint density at radius 1 is 1.29 bits per heavy atom. The van der Waals surface area contributed by atoms with Gasteiger partial charge in [-0.1, -0.05) is 0 Å². The molecule has 0 amide bonds. The van der Waals surface area contributed by atoms with E-state index < -0.39 is 4.92 Å². The summed E-state index contributed by atoms with van der Waals surface area (Å²) in [5.41, 5.74) is 1.46. The molecule has 2 aromatic rings. The Hall–Kier alpha value is -3.02. The van der Waals surface area contributed by atoms with Gasteiger partial charge in [0.05, 0.1) is 4.92 Å². The Morgan fingerprint density at radius 3 is 2.62 bits per heavy atom. The molecule has 1 aromatic carbocycles. The number of rotatable bonds is 5. The fourth-order valence-electron chi connectivity index (χ4n) is 1.67. The SMILES string of the molecule is CC(=O)/C=C/c1cccnc1Nc1ccc([N+](=O)[O-])cc1. The van der Waals surface area contributed by atoms with Gasteiger partial charge in [-0.2, -0.15) is 0 Å². The number of nitro groups is 1. The molecule has 6 nitrogen and oxygen atoms in total. The molecule has 1 aromatic heterocycles. The number of allylic oxidation sites excluding steroid dienone is 1. The van der Waals surface area contributed by atoms with Crippen LogP contribution in [0.2, 0.25) is 0 Å². The summed E-state index contributed by atoms with van der Waals surface area (Å²) in [5.74, 6) is 0.518. The van der Waals surface area contributed by atoms with Crippen LogP contribution in [0.4, 0.5) is 17.2 Å². The van der Waals surface area contributed by atoms with Crippen molar-refractivity contribution >= 4 is 29.1 Å². The van der Waals surface area contributed by atoms with Crippen molar-refractivity contribution in [3.63, 3.8) is 0 Å². The van der Waals surface area contributed by atoms with Gasteiger partial charge in [0.15, 0.2) is 5.78 Å².